The molecule has 1 aliphatic rings. The molecule has 0 saturated heterocycles. The normalized spacial score (nSPS) is 19.1. The van der Waals surface area contributed by atoms with Gasteiger partial charge in [0.1, 0.15) is 35.2 Å². The molecule has 0 radical (unpaired) electrons. The second kappa shape index (κ2) is 13.3. The SMILES string of the molecule is CCCCCc1ccc(-c2cc3ccc(OC4CCC(OC(=O)CC(C)(C)C)C4C(F)(F)F)cc3oc2=O)c(OC(F)(F)F)c1. The largest absolute Gasteiger partial charge is 0.573 e. The Kier molecular flexibility index (Phi) is 10.1. The van der Waals surface area contributed by atoms with Gasteiger partial charge < -0.3 is 18.6 Å². The molecule has 1 heterocycles. The molecule has 246 valence electrons. The minimum atomic E-state index is -5.00. The summed E-state index contributed by atoms with van der Waals surface area (Å²) in [7, 11) is 0. The van der Waals surface area contributed by atoms with E-state index in [2.05, 4.69) is 4.74 Å². The molecule has 3 unspecified atom stereocenters. The van der Waals surface area contributed by atoms with Crippen LogP contribution in [0, 0.1) is 11.3 Å². The van der Waals surface area contributed by atoms with Gasteiger partial charge in [0.2, 0.25) is 0 Å². The number of alkyl halides is 6. The molecule has 0 amide bonds. The number of aryl methyl sites for hydroxylation is 1. The minimum Gasteiger partial charge on any atom is -0.489 e. The fraction of sp³-hybridized carbons (Fsp3) is 0.515. The van der Waals surface area contributed by atoms with Crippen LogP contribution in [-0.4, -0.2) is 30.7 Å². The van der Waals surface area contributed by atoms with Crippen LogP contribution >= 0.6 is 0 Å². The van der Waals surface area contributed by atoms with Crippen LogP contribution in [0.2, 0.25) is 0 Å². The Hall–Kier alpha value is -3.70. The maximum Gasteiger partial charge on any atom is 0.573 e. The summed E-state index contributed by atoms with van der Waals surface area (Å²) in [5.41, 5.74) is -1.14. The van der Waals surface area contributed by atoms with Crippen molar-refractivity contribution in [2.75, 3.05) is 0 Å². The van der Waals surface area contributed by atoms with Gasteiger partial charge in [-0.15, -0.1) is 13.2 Å². The first-order valence-corrected chi connectivity index (χ1v) is 14.8. The van der Waals surface area contributed by atoms with Crippen molar-refractivity contribution in [3.05, 3.63) is 58.4 Å². The molecule has 12 heteroatoms. The summed E-state index contributed by atoms with van der Waals surface area (Å²) in [5, 5.41) is 0.301. The fourth-order valence-electron chi connectivity index (χ4n) is 5.52. The summed E-state index contributed by atoms with van der Waals surface area (Å²) < 4.78 is 103. The van der Waals surface area contributed by atoms with Crippen LogP contribution in [-0.2, 0) is 16.0 Å². The van der Waals surface area contributed by atoms with Gasteiger partial charge in [0.25, 0.3) is 0 Å². The van der Waals surface area contributed by atoms with Gasteiger partial charge in [0.05, 0.1) is 12.0 Å². The Morgan fingerprint density at radius 2 is 1.62 bits per heavy atom. The second-order valence-corrected chi connectivity index (χ2v) is 12.5. The summed E-state index contributed by atoms with van der Waals surface area (Å²) in [6, 6.07) is 9.64. The first kappa shape index (κ1) is 34.2. The number of halogens is 6. The summed E-state index contributed by atoms with van der Waals surface area (Å²) >= 11 is 0. The van der Waals surface area contributed by atoms with Crippen molar-refractivity contribution in [3.63, 3.8) is 0 Å². The Bertz CT molecular complexity index is 1550. The average Bonchev–Trinajstić information content (AvgIpc) is 3.29. The molecule has 4 rings (SSSR count). The zero-order valence-corrected chi connectivity index (χ0v) is 25.4. The van der Waals surface area contributed by atoms with E-state index >= 15 is 0 Å². The van der Waals surface area contributed by atoms with Crippen LogP contribution in [0.3, 0.4) is 0 Å². The summed E-state index contributed by atoms with van der Waals surface area (Å²) in [6.07, 6.45) is -9.45. The van der Waals surface area contributed by atoms with Gasteiger partial charge in [-0.25, -0.2) is 4.79 Å². The molecule has 45 heavy (non-hydrogen) atoms. The van der Waals surface area contributed by atoms with E-state index in [4.69, 9.17) is 13.9 Å². The molecule has 0 aliphatic heterocycles. The third kappa shape index (κ3) is 9.17. The van der Waals surface area contributed by atoms with Crippen LogP contribution in [0.1, 0.15) is 71.8 Å². The number of carbonyl (C=O) groups excluding carboxylic acids is 1. The van der Waals surface area contributed by atoms with Crippen LogP contribution in [0.15, 0.2) is 51.7 Å². The van der Waals surface area contributed by atoms with Gasteiger partial charge in [-0.1, -0.05) is 52.7 Å². The molecule has 1 aliphatic carbocycles. The quantitative estimate of drug-likeness (QED) is 0.0951. The van der Waals surface area contributed by atoms with Gasteiger partial charge in [0.15, 0.2) is 0 Å². The standard InChI is InChI=1S/C33H36F6O6/c1-5-6-7-8-19-9-12-22(27(15-19)45-33(37,38)39)23-16-20-10-11-21(17-26(20)44-30(23)41)42-24-13-14-25(29(24)32(34,35)36)43-28(40)18-31(2,3)4/h9-12,15-17,24-25,29H,5-8,13-14,18H2,1-4H3. The maximum atomic E-state index is 14.1. The molecule has 0 bridgehead atoms. The predicted octanol–water partition coefficient (Wildman–Crippen LogP) is 9.16. The van der Waals surface area contributed by atoms with Crippen molar-refractivity contribution in [1.29, 1.82) is 0 Å². The monoisotopic (exact) mass is 642 g/mol. The first-order chi connectivity index (χ1) is 20.9. The Morgan fingerprint density at radius 3 is 2.27 bits per heavy atom. The summed E-state index contributed by atoms with van der Waals surface area (Å²) in [6.45, 7) is 7.33. The van der Waals surface area contributed by atoms with E-state index in [9.17, 15) is 35.9 Å². The van der Waals surface area contributed by atoms with E-state index in [0.717, 1.165) is 19.3 Å². The first-order valence-electron chi connectivity index (χ1n) is 14.8. The Morgan fingerprint density at radius 1 is 0.911 bits per heavy atom. The van der Waals surface area contributed by atoms with Gasteiger partial charge in [-0.05, 0) is 60.9 Å². The van der Waals surface area contributed by atoms with Crippen molar-refractivity contribution >= 4 is 16.9 Å². The second-order valence-electron chi connectivity index (χ2n) is 12.5. The molecule has 3 aromatic rings. The minimum absolute atomic E-state index is 0.0168. The number of hydrogen-bond acceptors (Lipinski definition) is 6. The van der Waals surface area contributed by atoms with E-state index in [1.54, 1.807) is 26.8 Å². The van der Waals surface area contributed by atoms with Crippen molar-refractivity contribution in [2.45, 2.75) is 97.4 Å². The molecular weight excluding hydrogens is 606 g/mol. The lowest BCUT2D eigenvalue weighted by atomic mass is 9.92. The highest BCUT2D eigenvalue weighted by molar-refractivity contribution is 5.84. The predicted molar refractivity (Wildman–Crippen MR) is 155 cm³/mol. The van der Waals surface area contributed by atoms with Crippen molar-refractivity contribution < 1.29 is 49.8 Å². The van der Waals surface area contributed by atoms with Gasteiger partial charge >= 0.3 is 24.1 Å². The van der Waals surface area contributed by atoms with Crippen LogP contribution in [0.4, 0.5) is 26.3 Å². The number of rotatable bonds is 10. The lowest BCUT2D eigenvalue weighted by molar-refractivity contribution is -0.274. The van der Waals surface area contributed by atoms with Crippen LogP contribution in [0.25, 0.3) is 22.1 Å². The number of fused-ring (bicyclic) bond motifs is 1. The number of benzene rings is 2. The van der Waals surface area contributed by atoms with E-state index < -0.39 is 53.4 Å². The van der Waals surface area contributed by atoms with Gasteiger partial charge in [0, 0.05) is 17.0 Å². The van der Waals surface area contributed by atoms with Crippen molar-refractivity contribution in [1.82, 2.24) is 0 Å². The molecule has 3 atom stereocenters. The molecule has 0 N–H and O–H groups in total. The van der Waals surface area contributed by atoms with Crippen LogP contribution in [0.5, 0.6) is 11.5 Å². The number of hydrogen-bond donors (Lipinski definition) is 0. The summed E-state index contributed by atoms with van der Waals surface area (Å²) in [4.78, 5) is 25.3. The van der Waals surface area contributed by atoms with Gasteiger partial charge in [-0.3, -0.25) is 4.79 Å². The summed E-state index contributed by atoms with van der Waals surface area (Å²) in [5.74, 6) is -3.35. The third-order valence-corrected chi connectivity index (χ3v) is 7.50. The molecule has 0 spiro atoms. The molecule has 2 aromatic carbocycles. The Balaban J connectivity index is 1.59. The molecule has 1 aromatic heterocycles. The van der Waals surface area contributed by atoms with Crippen molar-refractivity contribution in [2.24, 2.45) is 11.3 Å². The number of unbranched alkanes of at least 4 members (excludes halogenated alkanes) is 2. The van der Waals surface area contributed by atoms with Gasteiger partial charge in [-0.2, -0.15) is 13.2 Å². The highest BCUT2D eigenvalue weighted by Crippen LogP contribution is 2.43. The van der Waals surface area contributed by atoms with Crippen molar-refractivity contribution in [3.8, 4) is 22.6 Å². The van der Waals surface area contributed by atoms with E-state index in [1.165, 1.54) is 36.4 Å². The van der Waals surface area contributed by atoms with E-state index in [0.29, 0.717) is 17.4 Å². The van der Waals surface area contributed by atoms with E-state index in [1.807, 2.05) is 6.92 Å². The number of ether oxygens (including phenoxy) is 3. The average molecular weight is 643 g/mol. The highest BCUT2D eigenvalue weighted by Gasteiger charge is 2.55. The maximum absolute atomic E-state index is 14.1. The fourth-order valence-corrected chi connectivity index (χ4v) is 5.52. The molecule has 1 saturated carbocycles. The molecule has 6 nitrogen and oxygen atoms in total. The lowest BCUT2D eigenvalue weighted by Crippen LogP contribution is -2.41. The number of esters is 1. The zero-order chi connectivity index (χ0) is 33.2. The highest BCUT2D eigenvalue weighted by atomic mass is 19.4. The molecule has 1 fully saturated rings. The smallest absolute Gasteiger partial charge is 0.489 e. The third-order valence-electron chi connectivity index (χ3n) is 7.50. The van der Waals surface area contributed by atoms with E-state index in [-0.39, 0.29) is 41.7 Å². The topological polar surface area (TPSA) is 75.0 Å². The number of carbonyl (C=O) groups is 1. The zero-order valence-electron chi connectivity index (χ0n) is 25.4. The van der Waals surface area contributed by atoms with Crippen LogP contribution < -0.4 is 15.1 Å². The Labute approximate surface area is 256 Å². The lowest BCUT2D eigenvalue weighted by Gasteiger charge is -2.28. The molecular formula is C33H36F6O6.